The molecule has 2 fully saturated rings. The van der Waals surface area contributed by atoms with E-state index in [2.05, 4.69) is 10.4 Å². The molecule has 6 heteroatoms. The molecule has 2 atom stereocenters. The number of aromatic nitrogens is 2. The lowest BCUT2D eigenvalue weighted by atomic mass is 9.83. The normalized spacial score (nSPS) is 25.0. The Labute approximate surface area is 131 Å². The van der Waals surface area contributed by atoms with Crippen molar-refractivity contribution in [1.82, 2.24) is 14.7 Å². The minimum absolute atomic E-state index is 0.137. The third kappa shape index (κ3) is 3.11. The van der Waals surface area contributed by atoms with E-state index >= 15 is 0 Å². The number of nitrogens with one attached hydrogen (secondary N) is 1. The number of hydrogen-bond acceptors (Lipinski definition) is 3. The van der Waals surface area contributed by atoms with E-state index in [1.165, 1.54) is 19.3 Å². The van der Waals surface area contributed by atoms with Crippen LogP contribution in [0.5, 0.6) is 0 Å². The third-order valence-corrected chi connectivity index (χ3v) is 5.13. The summed E-state index contributed by atoms with van der Waals surface area (Å²) >= 11 is 0. The first-order valence-electron chi connectivity index (χ1n) is 8.28. The molecule has 2 aliphatic carbocycles. The Balaban J connectivity index is 1.57. The van der Waals surface area contributed by atoms with Gasteiger partial charge in [-0.2, -0.15) is 5.10 Å². The number of rotatable bonds is 4. The van der Waals surface area contributed by atoms with Gasteiger partial charge in [-0.1, -0.05) is 12.8 Å². The Hall–Kier alpha value is -1.56. The van der Waals surface area contributed by atoms with Crippen LogP contribution in [0.4, 0.5) is 10.6 Å². The second-order valence-electron chi connectivity index (χ2n) is 6.77. The van der Waals surface area contributed by atoms with Crippen molar-refractivity contribution in [1.29, 1.82) is 0 Å². The van der Waals surface area contributed by atoms with Crippen LogP contribution < -0.4 is 5.32 Å². The molecule has 1 aromatic heterocycles. The number of anilines is 1. The van der Waals surface area contributed by atoms with Crippen LogP contribution in [-0.2, 0) is 7.05 Å². The fraction of sp³-hybridized carbons (Fsp3) is 0.750. The predicted molar refractivity (Wildman–Crippen MR) is 84.8 cm³/mol. The van der Waals surface area contributed by atoms with E-state index in [0.29, 0.717) is 12.5 Å². The van der Waals surface area contributed by atoms with Gasteiger partial charge in [-0.15, -0.1) is 0 Å². The van der Waals surface area contributed by atoms with Gasteiger partial charge in [0.05, 0.1) is 11.8 Å². The monoisotopic (exact) mass is 306 g/mol. The van der Waals surface area contributed by atoms with Gasteiger partial charge < -0.3 is 10.0 Å². The first-order valence-corrected chi connectivity index (χ1v) is 8.28. The molecule has 122 valence electrons. The van der Waals surface area contributed by atoms with Gasteiger partial charge in [-0.05, 0) is 25.7 Å². The maximum atomic E-state index is 12.3. The van der Waals surface area contributed by atoms with Crippen LogP contribution in [-0.4, -0.2) is 45.5 Å². The highest BCUT2D eigenvalue weighted by Gasteiger charge is 2.28. The number of carbonyl (C=O) groups excluding carboxylic acids is 1. The zero-order valence-electron chi connectivity index (χ0n) is 13.5. The van der Waals surface area contributed by atoms with E-state index in [4.69, 9.17) is 0 Å². The van der Waals surface area contributed by atoms with Crippen molar-refractivity contribution < 1.29 is 9.90 Å². The number of aliphatic hydroxyl groups is 1. The average molecular weight is 306 g/mol. The molecule has 0 spiro atoms. The van der Waals surface area contributed by atoms with Gasteiger partial charge in [-0.3, -0.25) is 10.00 Å². The summed E-state index contributed by atoms with van der Waals surface area (Å²) in [5, 5.41) is 17.3. The summed E-state index contributed by atoms with van der Waals surface area (Å²) in [7, 11) is 3.64. The van der Waals surface area contributed by atoms with Gasteiger partial charge in [0, 0.05) is 38.5 Å². The molecule has 1 heterocycles. The second-order valence-corrected chi connectivity index (χ2v) is 6.77. The molecular weight excluding hydrogens is 280 g/mol. The van der Waals surface area contributed by atoms with Crippen LogP contribution >= 0.6 is 0 Å². The molecule has 2 amide bonds. The van der Waals surface area contributed by atoms with Crippen LogP contribution in [0.2, 0.25) is 0 Å². The second kappa shape index (κ2) is 6.28. The molecule has 0 aromatic carbocycles. The van der Waals surface area contributed by atoms with Gasteiger partial charge >= 0.3 is 6.03 Å². The molecular formula is C16H26N4O2. The summed E-state index contributed by atoms with van der Waals surface area (Å²) in [5.41, 5.74) is 1.08. The fourth-order valence-corrected chi connectivity index (χ4v) is 3.38. The Morgan fingerprint density at radius 2 is 2.14 bits per heavy atom. The number of aryl methyl sites for hydroxylation is 1. The first-order chi connectivity index (χ1) is 10.5. The largest absolute Gasteiger partial charge is 0.393 e. The predicted octanol–water partition coefficient (Wildman–Crippen LogP) is 2.31. The van der Waals surface area contributed by atoms with Crippen molar-refractivity contribution in [2.24, 2.45) is 13.0 Å². The number of nitrogens with zero attached hydrogens (tertiary/aromatic N) is 3. The molecule has 3 rings (SSSR count). The fourth-order valence-electron chi connectivity index (χ4n) is 3.38. The molecule has 2 saturated carbocycles. The lowest BCUT2D eigenvalue weighted by molar-refractivity contribution is 0.116. The van der Waals surface area contributed by atoms with E-state index in [0.717, 1.165) is 30.8 Å². The van der Waals surface area contributed by atoms with Crippen molar-refractivity contribution in [2.45, 2.75) is 50.5 Å². The number of hydrogen-bond donors (Lipinski definition) is 2. The molecule has 22 heavy (non-hydrogen) atoms. The summed E-state index contributed by atoms with van der Waals surface area (Å²) in [4.78, 5) is 14.0. The van der Waals surface area contributed by atoms with Crippen molar-refractivity contribution in [3.05, 3.63) is 11.8 Å². The number of urea groups is 1. The highest BCUT2D eigenvalue weighted by molar-refractivity contribution is 5.88. The topological polar surface area (TPSA) is 70.4 Å². The zero-order chi connectivity index (χ0) is 15.7. The molecule has 1 aromatic rings. The van der Waals surface area contributed by atoms with Gasteiger partial charge in [0.2, 0.25) is 0 Å². The standard InChI is InChI=1S/C16H26N4O2/c1-19(10-12-7-4-8-14(12)21)16(22)17-15-9-13(18-20(15)2)11-5-3-6-11/h9,11-12,14,21H,3-8,10H2,1-2H3,(H,17,22). The highest BCUT2D eigenvalue weighted by atomic mass is 16.3. The summed E-state index contributed by atoms with van der Waals surface area (Å²) < 4.78 is 1.74. The van der Waals surface area contributed by atoms with E-state index in [9.17, 15) is 9.90 Å². The molecule has 2 unspecified atom stereocenters. The Kier molecular flexibility index (Phi) is 4.38. The zero-order valence-corrected chi connectivity index (χ0v) is 13.5. The summed E-state index contributed by atoms with van der Waals surface area (Å²) in [6.07, 6.45) is 6.30. The van der Waals surface area contributed by atoms with Gasteiger partial charge in [-0.25, -0.2) is 4.79 Å². The lowest BCUT2D eigenvalue weighted by Gasteiger charge is -2.23. The van der Waals surface area contributed by atoms with Crippen molar-refractivity contribution in [3.8, 4) is 0 Å². The number of carbonyl (C=O) groups is 1. The molecule has 2 aliphatic rings. The van der Waals surface area contributed by atoms with E-state index < -0.39 is 0 Å². The van der Waals surface area contributed by atoms with E-state index in [-0.39, 0.29) is 18.1 Å². The van der Waals surface area contributed by atoms with Crippen molar-refractivity contribution in [3.63, 3.8) is 0 Å². The van der Waals surface area contributed by atoms with Crippen molar-refractivity contribution in [2.75, 3.05) is 18.9 Å². The maximum Gasteiger partial charge on any atom is 0.322 e. The summed E-state index contributed by atoms with van der Waals surface area (Å²) in [6.45, 7) is 0.598. The minimum Gasteiger partial charge on any atom is -0.393 e. The van der Waals surface area contributed by atoms with Crippen LogP contribution in [0.3, 0.4) is 0 Å². The van der Waals surface area contributed by atoms with Gasteiger partial charge in [0.1, 0.15) is 5.82 Å². The molecule has 0 bridgehead atoms. The van der Waals surface area contributed by atoms with Crippen LogP contribution in [0.15, 0.2) is 6.07 Å². The Morgan fingerprint density at radius 3 is 2.73 bits per heavy atom. The Morgan fingerprint density at radius 1 is 1.41 bits per heavy atom. The van der Waals surface area contributed by atoms with Crippen LogP contribution in [0.25, 0.3) is 0 Å². The van der Waals surface area contributed by atoms with Gasteiger partial charge in [0.25, 0.3) is 0 Å². The van der Waals surface area contributed by atoms with E-state index in [1.807, 2.05) is 13.1 Å². The first kappa shape index (κ1) is 15.3. The minimum atomic E-state index is -0.267. The third-order valence-electron chi connectivity index (χ3n) is 5.13. The maximum absolute atomic E-state index is 12.3. The molecule has 0 aliphatic heterocycles. The van der Waals surface area contributed by atoms with Crippen LogP contribution in [0.1, 0.15) is 50.1 Å². The summed E-state index contributed by atoms with van der Waals surface area (Å²) in [6, 6.07) is 1.85. The smallest absolute Gasteiger partial charge is 0.322 e. The molecule has 0 saturated heterocycles. The SMILES string of the molecule is CN(CC1CCCC1O)C(=O)Nc1cc(C2CCC2)nn1C. The molecule has 6 nitrogen and oxygen atoms in total. The number of amides is 2. The van der Waals surface area contributed by atoms with Crippen LogP contribution in [0, 0.1) is 5.92 Å². The van der Waals surface area contributed by atoms with Crippen molar-refractivity contribution >= 4 is 11.8 Å². The highest BCUT2D eigenvalue weighted by Crippen LogP contribution is 2.36. The lowest BCUT2D eigenvalue weighted by Crippen LogP contribution is -2.37. The number of aliphatic hydroxyl groups excluding tert-OH is 1. The van der Waals surface area contributed by atoms with E-state index in [1.54, 1.807) is 16.6 Å². The average Bonchev–Trinajstić information content (AvgIpc) is 2.95. The quantitative estimate of drug-likeness (QED) is 0.897. The molecule has 0 radical (unpaired) electrons. The van der Waals surface area contributed by atoms with Gasteiger partial charge in [0.15, 0.2) is 0 Å². The Bertz CT molecular complexity index is 538. The molecule has 2 N–H and O–H groups in total. The summed E-state index contributed by atoms with van der Waals surface area (Å²) in [5.74, 6) is 1.50.